The Balaban J connectivity index is 1.13. The lowest BCUT2D eigenvalue weighted by Gasteiger charge is -2.34. The molecule has 0 atom stereocenters. The van der Waals surface area contributed by atoms with Gasteiger partial charge in [-0.2, -0.15) is 0 Å². The number of benzene rings is 1. The molecule has 1 N–H and O–H groups in total. The number of aromatic carboxylic acids is 1. The van der Waals surface area contributed by atoms with Gasteiger partial charge in [-0.15, -0.1) is 11.8 Å². The van der Waals surface area contributed by atoms with Crippen LogP contribution in [0.2, 0.25) is 0 Å². The maximum absolute atomic E-state index is 12.6. The van der Waals surface area contributed by atoms with Crippen molar-refractivity contribution in [3.05, 3.63) is 83.9 Å². The number of hydrogen-bond acceptors (Lipinski definition) is 7. The number of amides is 1. The molecular formula is C27H30N4O4S. The molecule has 36 heavy (non-hydrogen) atoms. The number of carboxylic acid groups (broad SMARTS) is 1. The second-order valence-electron chi connectivity index (χ2n) is 8.57. The summed E-state index contributed by atoms with van der Waals surface area (Å²) < 4.78 is 5.59. The van der Waals surface area contributed by atoms with E-state index in [1.54, 1.807) is 41.2 Å². The molecule has 8 nitrogen and oxygen atoms in total. The number of piperazine rings is 1. The van der Waals surface area contributed by atoms with Crippen LogP contribution in [0.3, 0.4) is 0 Å². The standard InChI is InChI=1S/C27H30N4O4S/c32-26(33)22-5-6-23(29-20-22)2-1-14-30-15-17-31(18-16-30)27(34)35-24-7-3-21(4-8-24)11-19-36-25-9-12-28-13-10-25/h3-10,12-13,20H,1-2,11,14-19H2,(H,32,33). The predicted octanol–water partition coefficient (Wildman–Crippen LogP) is 4.26. The molecule has 1 aromatic carbocycles. The van der Waals surface area contributed by atoms with E-state index in [9.17, 15) is 9.59 Å². The van der Waals surface area contributed by atoms with Crippen molar-refractivity contribution in [2.75, 3.05) is 38.5 Å². The quantitative estimate of drug-likeness (QED) is 0.408. The zero-order chi connectivity index (χ0) is 25.2. The fourth-order valence-electron chi connectivity index (χ4n) is 3.95. The molecule has 0 aliphatic carbocycles. The second kappa shape index (κ2) is 13.0. The molecule has 2 aromatic heterocycles. The van der Waals surface area contributed by atoms with Gasteiger partial charge in [-0.1, -0.05) is 12.1 Å². The summed E-state index contributed by atoms with van der Waals surface area (Å²) in [6.07, 6.45) is 7.35. The summed E-state index contributed by atoms with van der Waals surface area (Å²) in [5.41, 5.74) is 2.30. The Labute approximate surface area is 215 Å². The van der Waals surface area contributed by atoms with E-state index in [0.29, 0.717) is 18.8 Å². The first kappa shape index (κ1) is 25.7. The van der Waals surface area contributed by atoms with Gasteiger partial charge in [-0.25, -0.2) is 9.59 Å². The number of thioether (sulfide) groups is 1. The minimum absolute atomic E-state index is 0.203. The number of carbonyl (C=O) groups excluding carboxylic acids is 1. The van der Waals surface area contributed by atoms with Crippen LogP contribution in [-0.4, -0.2) is 75.4 Å². The van der Waals surface area contributed by atoms with Crippen LogP contribution in [0.25, 0.3) is 0 Å². The van der Waals surface area contributed by atoms with E-state index >= 15 is 0 Å². The Morgan fingerprint density at radius 3 is 2.36 bits per heavy atom. The number of carbonyl (C=O) groups is 2. The summed E-state index contributed by atoms with van der Waals surface area (Å²) in [7, 11) is 0. The average molecular weight is 507 g/mol. The summed E-state index contributed by atoms with van der Waals surface area (Å²) in [6.45, 7) is 3.78. The normalized spacial score (nSPS) is 13.9. The molecule has 188 valence electrons. The predicted molar refractivity (Wildman–Crippen MR) is 139 cm³/mol. The molecule has 1 aliphatic rings. The van der Waals surface area contributed by atoms with Crippen molar-refractivity contribution >= 4 is 23.8 Å². The lowest BCUT2D eigenvalue weighted by Crippen LogP contribution is -2.49. The highest BCUT2D eigenvalue weighted by Crippen LogP contribution is 2.20. The van der Waals surface area contributed by atoms with Gasteiger partial charge in [0, 0.05) is 61.1 Å². The van der Waals surface area contributed by atoms with Crippen LogP contribution in [0.1, 0.15) is 28.0 Å². The summed E-state index contributed by atoms with van der Waals surface area (Å²) in [5, 5.41) is 8.95. The van der Waals surface area contributed by atoms with Crippen molar-refractivity contribution in [3.63, 3.8) is 0 Å². The van der Waals surface area contributed by atoms with Crippen LogP contribution >= 0.6 is 11.8 Å². The van der Waals surface area contributed by atoms with Crippen molar-refractivity contribution in [1.82, 2.24) is 19.8 Å². The Morgan fingerprint density at radius 2 is 1.69 bits per heavy atom. The second-order valence-corrected chi connectivity index (χ2v) is 9.74. The lowest BCUT2D eigenvalue weighted by atomic mass is 10.2. The highest BCUT2D eigenvalue weighted by molar-refractivity contribution is 7.99. The zero-order valence-corrected chi connectivity index (χ0v) is 20.9. The fourth-order valence-corrected chi connectivity index (χ4v) is 4.84. The van der Waals surface area contributed by atoms with E-state index in [4.69, 9.17) is 9.84 Å². The van der Waals surface area contributed by atoms with E-state index in [1.807, 2.05) is 36.4 Å². The summed E-state index contributed by atoms with van der Waals surface area (Å²) >= 11 is 1.80. The number of aromatic nitrogens is 2. The first-order valence-corrected chi connectivity index (χ1v) is 13.0. The first-order valence-electron chi connectivity index (χ1n) is 12.1. The third-order valence-electron chi connectivity index (χ3n) is 6.05. The number of aryl methyl sites for hydroxylation is 2. The van der Waals surface area contributed by atoms with Crippen LogP contribution in [-0.2, 0) is 12.8 Å². The fraction of sp³-hybridized carbons (Fsp3) is 0.333. The van der Waals surface area contributed by atoms with Crippen LogP contribution in [0, 0.1) is 0 Å². The zero-order valence-electron chi connectivity index (χ0n) is 20.1. The van der Waals surface area contributed by atoms with E-state index in [1.165, 1.54) is 16.7 Å². The molecule has 4 rings (SSSR count). The molecule has 0 unspecified atom stereocenters. The molecule has 3 heterocycles. The number of ether oxygens (including phenoxy) is 1. The van der Waals surface area contributed by atoms with E-state index in [-0.39, 0.29) is 11.7 Å². The van der Waals surface area contributed by atoms with Gasteiger partial charge in [-0.3, -0.25) is 14.9 Å². The molecule has 1 saturated heterocycles. The van der Waals surface area contributed by atoms with Gasteiger partial charge in [0.05, 0.1) is 5.56 Å². The van der Waals surface area contributed by atoms with Gasteiger partial charge < -0.3 is 14.7 Å². The molecule has 1 fully saturated rings. The maximum Gasteiger partial charge on any atom is 0.415 e. The number of carboxylic acids is 1. The summed E-state index contributed by atoms with van der Waals surface area (Å²) in [6, 6.07) is 15.1. The van der Waals surface area contributed by atoms with Crippen molar-refractivity contribution in [2.45, 2.75) is 24.2 Å². The van der Waals surface area contributed by atoms with Gasteiger partial charge in [0.2, 0.25) is 0 Å². The van der Waals surface area contributed by atoms with E-state index in [2.05, 4.69) is 14.9 Å². The number of rotatable bonds is 10. The summed E-state index contributed by atoms with van der Waals surface area (Å²) in [5.74, 6) is 0.574. The molecular weight excluding hydrogens is 476 g/mol. The highest BCUT2D eigenvalue weighted by Gasteiger charge is 2.22. The first-order chi connectivity index (χ1) is 17.6. The number of pyridine rings is 2. The third kappa shape index (κ3) is 7.79. The Bertz CT molecular complexity index is 1120. The minimum atomic E-state index is -0.963. The molecule has 0 saturated carbocycles. The monoisotopic (exact) mass is 506 g/mol. The van der Waals surface area contributed by atoms with Gasteiger partial charge >= 0.3 is 12.1 Å². The molecule has 9 heteroatoms. The Hall–Kier alpha value is -3.43. The molecule has 0 radical (unpaired) electrons. The molecule has 3 aromatic rings. The van der Waals surface area contributed by atoms with Crippen LogP contribution < -0.4 is 4.74 Å². The van der Waals surface area contributed by atoms with Crippen molar-refractivity contribution in [3.8, 4) is 5.75 Å². The van der Waals surface area contributed by atoms with Gasteiger partial charge in [0.25, 0.3) is 0 Å². The van der Waals surface area contributed by atoms with E-state index < -0.39 is 5.97 Å². The van der Waals surface area contributed by atoms with E-state index in [0.717, 1.165) is 50.3 Å². The largest absolute Gasteiger partial charge is 0.478 e. The Morgan fingerprint density at radius 1 is 0.944 bits per heavy atom. The number of nitrogens with zero attached hydrogens (tertiary/aromatic N) is 4. The van der Waals surface area contributed by atoms with Crippen LogP contribution in [0.15, 0.2) is 72.0 Å². The average Bonchev–Trinajstić information content (AvgIpc) is 2.91. The minimum Gasteiger partial charge on any atom is -0.478 e. The summed E-state index contributed by atoms with van der Waals surface area (Å²) in [4.78, 5) is 37.0. The Kier molecular flexibility index (Phi) is 9.29. The van der Waals surface area contributed by atoms with Crippen molar-refractivity contribution in [2.24, 2.45) is 0 Å². The maximum atomic E-state index is 12.6. The smallest absolute Gasteiger partial charge is 0.415 e. The molecule has 0 bridgehead atoms. The highest BCUT2D eigenvalue weighted by atomic mass is 32.2. The molecule has 1 amide bonds. The van der Waals surface area contributed by atoms with Gasteiger partial charge in [0.1, 0.15) is 5.75 Å². The molecule has 1 aliphatic heterocycles. The topological polar surface area (TPSA) is 95.9 Å². The molecule has 0 spiro atoms. The van der Waals surface area contributed by atoms with Crippen molar-refractivity contribution in [1.29, 1.82) is 0 Å². The number of hydrogen-bond donors (Lipinski definition) is 1. The SMILES string of the molecule is O=C(O)c1ccc(CCCN2CCN(C(=O)Oc3ccc(CCSc4ccncc4)cc3)CC2)nc1. The van der Waals surface area contributed by atoms with Crippen LogP contribution in [0.4, 0.5) is 4.79 Å². The van der Waals surface area contributed by atoms with Crippen molar-refractivity contribution < 1.29 is 19.4 Å². The van der Waals surface area contributed by atoms with Gasteiger partial charge in [-0.05, 0) is 67.8 Å². The lowest BCUT2D eigenvalue weighted by molar-refractivity contribution is 0.0696. The third-order valence-corrected chi connectivity index (χ3v) is 7.06. The van der Waals surface area contributed by atoms with Gasteiger partial charge in [0.15, 0.2) is 0 Å². The van der Waals surface area contributed by atoms with Crippen LogP contribution in [0.5, 0.6) is 5.75 Å².